The van der Waals surface area contributed by atoms with Crippen molar-refractivity contribution in [3.05, 3.63) is 29.8 Å². The molecule has 2 aliphatic rings. The molecule has 0 saturated carbocycles. The van der Waals surface area contributed by atoms with Gasteiger partial charge in [0.1, 0.15) is 0 Å². The molecule has 2 heterocycles. The van der Waals surface area contributed by atoms with Gasteiger partial charge < -0.3 is 10.1 Å². The Morgan fingerprint density at radius 2 is 1.64 bits per heavy atom. The fourth-order valence-electron chi connectivity index (χ4n) is 3.72. The van der Waals surface area contributed by atoms with Gasteiger partial charge >= 0.3 is 0 Å². The van der Waals surface area contributed by atoms with Crippen LogP contribution >= 0.6 is 0 Å². The predicted molar refractivity (Wildman–Crippen MR) is 108 cm³/mol. The molecule has 1 aromatic rings. The van der Waals surface area contributed by atoms with Gasteiger partial charge in [-0.05, 0) is 64.0 Å². The first-order chi connectivity index (χ1) is 13.3. The van der Waals surface area contributed by atoms with Crippen LogP contribution in [0.5, 0.6) is 0 Å². The van der Waals surface area contributed by atoms with E-state index in [-0.39, 0.29) is 16.3 Å². The lowest BCUT2D eigenvalue weighted by atomic mass is 9.98. The summed E-state index contributed by atoms with van der Waals surface area (Å²) >= 11 is 0. The second kappa shape index (κ2) is 8.90. The van der Waals surface area contributed by atoms with E-state index in [4.69, 9.17) is 4.74 Å². The third-order valence-corrected chi connectivity index (χ3v) is 7.53. The number of sulfonamides is 1. The van der Waals surface area contributed by atoms with Crippen molar-refractivity contribution in [1.29, 1.82) is 0 Å². The molecule has 0 atom stereocenters. The summed E-state index contributed by atoms with van der Waals surface area (Å²) < 4.78 is 32.0. The minimum Gasteiger partial charge on any atom is -0.379 e. The molecule has 0 radical (unpaired) electrons. The average Bonchev–Trinajstić information content (AvgIpc) is 2.73. The van der Waals surface area contributed by atoms with E-state index < -0.39 is 10.0 Å². The topological polar surface area (TPSA) is 79.0 Å². The van der Waals surface area contributed by atoms with E-state index in [1.165, 1.54) is 35.7 Å². The molecule has 0 spiro atoms. The highest BCUT2D eigenvalue weighted by Gasteiger charge is 2.29. The van der Waals surface area contributed by atoms with E-state index in [2.05, 4.69) is 24.1 Å². The van der Waals surface area contributed by atoms with Gasteiger partial charge in [0, 0.05) is 30.7 Å². The van der Waals surface area contributed by atoms with E-state index >= 15 is 0 Å². The van der Waals surface area contributed by atoms with Gasteiger partial charge in [0.05, 0.1) is 18.1 Å². The van der Waals surface area contributed by atoms with Crippen LogP contribution in [-0.2, 0) is 14.8 Å². The smallest absolute Gasteiger partial charge is 0.251 e. The van der Waals surface area contributed by atoms with E-state index in [0.717, 1.165) is 13.1 Å². The monoisotopic (exact) mass is 409 g/mol. The highest BCUT2D eigenvalue weighted by atomic mass is 32.2. The number of rotatable bonds is 6. The molecule has 0 aromatic heterocycles. The molecule has 1 amide bonds. The Labute approximate surface area is 168 Å². The molecule has 156 valence electrons. The Morgan fingerprint density at radius 1 is 1.04 bits per heavy atom. The number of piperidine rings is 1. The van der Waals surface area contributed by atoms with Gasteiger partial charge in [0.25, 0.3) is 5.91 Å². The van der Waals surface area contributed by atoms with Crippen LogP contribution in [-0.4, -0.2) is 75.0 Å². The van der Waals surface area contributed by atoms with Crippen molar-refractivity contribution in [3.8, 4) is 0 Å². The Kier molecular flexibility index (Phi) is 6.75. The second-order valence-corrected chi connectivity index (χ2v) is 10.0. The third-order valence-electron chi connectivity index (χ3n) is 5.62. The normalized spacial score (nSPS) is 20.1. The Bertz CT molecular complexity index is 765. The van der Waals surface area contributed by atoms with Crippen LogP contribution in [0.15, 0.2) is 29.2 Å². The van der Waals surface area contributed by atoms with Crippen molar-refractivity contribution in [1.82, 2.24) is 14.5 Å². The zero-order chi connectivity index (χ0) is 20.2. The standard InChI is InChI=1S/C20H31N3O4S/c1-20(2,22-10-4-3-5-11-22)16-21-19(24)17-6-8-18(9-7-17)28(25,26)23-12-14-27-15-13-23/h6-9H,3-5,10-16H2,1-2H3,(H,21,24). The number of nitrogens with one attached hydrogen (secondary N) is 1. The highest BCUT2D eigenvalue weighted by Crippen LogP contribution is 2.21. The van der Waals surface area contributed by atoms with Crippen molar-refractivity contribution in [2.75, 3.05) is 45.9 Å². The predicted octanol–water partition coefficient (Wildman–Crippen LogP) is 1.70. The van der Waals surface area contributed by atoms with Crippen molar-refractivity contribution in [2.24, 2.45) is 0 Å². The minimum atomic E-state index is -3.54. The summed E-state index contributed by atoms with van der Waals surface area (Å²) in [6.45, 7) is 8.52. The first kappa shape index (κ1) is 21.2. The van der Waals surface area contributed by atoms with E-state index in [0.29, 0.717) is 38.4 Å². The molecule has 1 N–H and O–H groups in total. The van der Waals surface area contributed by atoms with Gasteiger partial charge in [0.15, 0.2) is 0 Å². The van der Waals surface area contributed by atoms with Crippen LogP contribution < -0.4 is 5.32 Å². The van der Waals surface area contributed by atoms with Gasteiger partial charge in [-0.15, -0.1) is 0 Å². The number of hydrogen-bond donors (Lipinski definition) is 1. The molecular weight excluding hydrogens is 378 g/mol. The van der Waals surface area contributed by atoms with Crippen molar-refractivity contribution in [3.63, 3.8) is 0 Å². The lowest BCUT2D eigenvalue weighted by molar-refractivity contribution is 0.0730. The van der Waals surface area contributed by atoms with Crippen molar-refractivity contribution < 1.29 is 17.9 Å². The van der Waals surface area contributed by atoms with Crippen LogP contribution in [0.3, 0.4) is 0 Å². The minimum absolute atomic E-state index is 0.101. The number of amides is 1. The van der Waals surface area contributed by atoms with Crippen LogP contribution in [0, 0.1) is 0 Å². The number of hydrogen-bond acceptors (Lipinski definition) is 5. The number of benzene rings is 1. The molecule has 2 saturated heterocycles. The highest BCUT2D eigenvalue weighted by molar-refractivity contribution is 7.89. The van der Waals surface area contributed by atoms with Crippen LogP contribution in [0.1, 0.15) is 43.5 Å². The van der Waals surface area contributed by atoms with Crippen molar-refractivity contribution >= 4 is 15.9 Å². The first-order valence-electron chi connectivity index (χ1n) is 10.0. The molecule has 28 heavy (non-hydrogen) atoms. The lowest BCUT2D eigenvalue weighted by Gasteiger charge is -2.41. The Balaban J connectivity index is 1.60. The number of nitrogens with zero attached hydrogens (tertiary/aromatic N) is 2. The number of likely N-dealkylation sites (tertiary alicyclic amines) is 1. The molecular formula is C20H31N3O4S. The molecule has 2 aliphatic heterocycles. The summed E-state index contributed by atoms with van der Waals surface area (Å²) in [5.41, 5.74) is 0.366. The first-order valence-corrected chi connectivity index (χ1v) is 11.5. The number of carbonyl (C=O) groups is 1. The van der Waals surface area contributed by atoms with E-state index in [1.54, 1.807) is 12.1 Å². The van der Waals surface area contributed by atoms with Crippen LogP contribution in [0.2, 0.25) is 0 Å². The SMILES string of the molecule is CC(C)(CNC(=O)c1ccc(S(=O)(=O)N2CCOCC2)cc1)N1CCCCC1. The average molecular weight is 410 g/mol. The molecule has 8 heteroatoms. The van der Waals surface area contributed by atoms with E-state index in [9.17, 15) is 13.2 Å². The lowest BCUT2D eigenvalue weighted by Crippen LogP contribution is -2.53. The maximum absolute atomic E-state index is 12.7. The third kappa shape index (κ3) is 4.92. The van der Waals surface area contributed by atoms with Gasteiger partial charge in [-0.3, -0.25) is 9.69 Å². The fourth-order valence-corrected chi connectivity index (χ4v) is 5.13. The summed E-state index contributed by atoms with van der Waals surface area (Å²) in [6.07, 6.45) is 3.69. The summed E-state index contributed by atoms with van der Waals surface area (Å²) in [5.74, 6) is -0.180. The maximum Gasteiger partial charge on any atom is 0.251 e. The summed E-state index contributed by atoms with van der Waals surface area (Å²) in [7, 11) is -3.54. The molecule has 0 bridgehead atoms. The maximum atomic E-state index is 12.7. The molecule has 7 nitrogen and oxygen atoms in total. The van der Waals surface area contributed by atoms with Gasteiger partial charge in [-0.1, -0.05) is 6.42 Å². The zero-order valence-electron chi connectivity index (χ0n) is 16.8. The van der Waals surface area contributed by atoms with Crippen molar-refractivity contribution in [2.45, 2.75) is 43.5 Å². The molecule has 0 unspecified atom stereocenters. The van der Waals surface area contributed by atoms with Gasteiger partial charge in [0.2, 0.25) is 10.0 Å². The Hall–Kier alpha value is -1.48. The quantitative estimate of drug-likeness (QED) is 0.774. The summed E-state index contributed by atoms with van der Waals surface area (Å²) in [5, 5.41) is 3.00. The number of ether oxygens (including phenoxy) is 1. The molecule has 0 aliphatic carbocycles. The second-order valence-electron chi connectivity index (χ2n) is 8.08. The summed E-state index contributed by atoms with van der Waals surface area (Å²) in [4.78, 5) is 15.2. The van der Waals surface area contributed by atoms with Gasteiger partial charge in [-0.2, -0.15) is 4.31 Å². The largest absolute Gasteiger partial charge is 0.379 e. The fraction of sp³-hybridized carbons (Fsp3) is 0.650. The zero-order valence-corrected chi connectivity index (χ0v) is 17.6. The number of carbonyl (C=O) groups excluding carboxylic acids is 1. The Morgan fingerprint density at radius 3 is 2.25 bits per heavy atom. The van der Waals surface area contributed by atoms with Crippen LogP contribution in [0.25, 0.3) is 0 Å². The van der Waals surface area contributed by atoms with E-state index in [1.807, 2.05) is 0 Å². The molecule has 3 rings (SSSR count). The van der Waals surface area contributed by atoms with Crippen LogP contribution in [0.4, 0.5) is 0 Å². The summed E-state index contributed by atoms with van der Waals surface area (Å²) in [6, 6.07) is 6.18. The molecule has 1 aromatic carbocycles. The number of morpholine rings is 1. The molecule has 2 fully saturated rings. The van der Waals surface area contributed by atoms with Gasteiger partial charge in [-0.25, -0.2) is 8.42 Å².